The molecule has 1 aromatic carbocycles. The second-order valence-corrected chi connectivity index (χ2v) is 7.12. The third-order valence-corrected chi connectivity index (χ3v) is 4.94. The molecule has 0 aromatic heterocycles. The van der Waals surface area contributed by atoms with E-state index in [1.165, 1.54) is 0 Å². The average Bonchev–Trinajstić information content (AvgIpc) is 3.42. The van der Waals surface area contributed by atoms with Crippen molar-refractivity contribution in [2.45, 2.75) is 57.0 Å². The van der Waals surface area contributed by atoms with Gasteiger partial charge in [0, 0.05) is 23.3 Å². The Morgan fingerprint density at radius 2 is 1.73 bits per heavy atom. The molecule has 2 saturated carbocycles. The van der Waals surface area contributed by atoms with Crippen LogP contribution in [0.25, 0.3) is 0 Å². The van der Waals surface area contributed by atoms with E-state index >= 15 is 0 Å². The van der Waals surface area contributed by atoms with Crippen molar-refractivity contribution >= 4 is 23.6 Å². The SMILES string of the molecule is O=C(Nc1cccc(C(=O)N[C@H]2CCCCC[C@H]2C(=O)O)c1)NC1CC1. The number of aliphatic carboxylic acids is 1. The van der Waals surface area contributed by atoms with Crippen molar-refractivity contribution in [1.29, 1.82) is 0 Å². The summed E-state index contributed by atoms with van der Waals surface area (Å²) in [5, 5.41) is 17.9. The lowest BCUT2D eigenvalue weighted by Crippen LogP contribution is -2.42. The highest BCUT2D eigenvalue weighted by Gasteiger charge is 2.30. The summed E-state index contributed by atoms with van der Waals surface area (Å²) in [5.74, 6) is -1.72. The molecule has 0 bridgehead atoms. The van der Waals surface area contributed by atoms with Crippen molar-refractivity contribution in [3.8, 4) is 0 Å². The molecular weight excluding hydrogens is 334 g/mol. The zero-order chi connectivity index (χ0) is 18.5. The number of carbonyl (C=O) groups is 3. The highest BCUT2D eigenvalue weighted by atomic mass is 16.4. The molecule has 0 aliphatic heterocycles. The number of carboxylic acid groups (broad SMARTS) is 1. The van der Waals surface area contributed by atoms with Gasteiger partial charge in [0.05, 0.1) is 5.92 Å². The van der Waals surface area contributed by atoms with Gasteiger partial charge in [-0.15, -0.1) is 0 Å². The molecule has 0 heterocycles. The molecule has 0 spiro atoms. The van der Waals surface area contributed by atoms with Gasteiger partial charge in [0.15, 0.2) is 0 Å². The van der Waals surface area contributed by atoms with Gasteiger partial charge >= 0.3 is 12.0 Å². The van der Waals surface area contributed by atoms with Gasteiger partial charge in [-0.3, -0.25) is 9.59 Å². The molecule has 2 atom stereocenters. The maximum atomic E-state index is 12.6. The molecule has 2 aliphatic carbocycles. The molecule has 2 aliphatic rings. The van der Waals surface area contributed by atoms with Crippen molar-refractivity contribution in [3.63, 3.8) is 0 Å². The minimum Gasteiger partial charge on any atom is -0.481 e. The maximum Gasteiger partial charge on any atom is 0.319 e. The lowest BCUT2D eigenvalue weighted by Gasteiger charge is -2.23. The first-order valence-electron chi connectivity index (χ1n) is 9.24. The Kier molecular flexibility index (Phi) is 5.75. The summed E-state index contributed by atoms with van der Waals surface area (Å²) in [6.45, 7) is 0. The number of rotatable bonds is 5. The van der Waals surface area contributed by atoms with Gasteiger partial charge in [-0.1, -0.05) is 25.3 Å². The van der Waals surface area contributed by atoms with Gasteiger partial charge in [-0.2, -0.15) is 0 Å². The molecule has 0 unspecified atom stereocenters. The fourth-order valence-electron chi connectivity index (χ4n) is 3.35. The minimum absolute atomic E-state index is 0.254. The highest BCUT2D eigenvalue weighted by molar-refractivity contribution is 5.97. The van der Waals surface area contributed by atoms with E-state index in [9.17, 15) is 19.5 Å². The summed E-state index contributed by atoms with van der Waals surface area (Å²) in [5.41, 5.74) is 0.939. The number of anilines is 1. The second kappa shape index (κ2) is 8.21. The minimum atomic E-state index is -0.857. The van der Waals surface area contributed by atoms with Crippen LogP contribution in [0.4, 0.5) is 10.5 Å². The average molecular weight is 359 g/mol. The van der Waals surface area contributed by atoms with Gasteiger partial charge < -0.3 is 21.1 Å². The standard InChI is InChI=1S/C19H25N3O4/c23-17(22-16-8-3-1-2-7-15(16)18(24)25)12-5-4-6-14(11-12)21-19(26)20-13-9-10-13/h4-6,11,13,15-16H,1-3,7-10H2,(H,22,23)(H,24,25)(H2,20,21,26)/t15-,16+/m1/s1. The first kappa shape index (κ1) is 18.2. The Labute approximate surface area is 152 Å². The number of urea groups is 1. The summed E-state index contributed by atoms with van der Waals surface area (Å²) in [4.78, 5) is 35.9. The van der Waals surface area contributed by atoms with Crippen LogP contribution in [0, 0.1) is 5.92 Å². The normalized spacial score (nSPS) is 22.8. The summed E-state index contributed by atoms with van der Waals surface area (Å²) < 4.78 is 0. The van der Waals surface area contributed by atoms with E-state index in [1.54, 1.807) is 24.3 Å². The van der Waals surface area contributed by atoms with Crippen LogP contribution in [0.3, 0.4) is 0 Å². The van der Waals surface area contributed by atoms with Crippen LogP contribution in [0.15, 0.2) is 24.3 Å². The van der Waals surface area contributed by atoms with Crippen molar-refractivity contribution in [2.75, 3.05) is 5.32 Å². The monoisotopic (exact) mass is 359 g/mol. The molecule has 0 radical (unpaired) electrons. The largest absolute Gasteiger partial charge is 0.481 e. The van der Waals surface area contributed by atoms with E-state index in [1.807, 2.05) is 0 Å². The van der Waals surface area contributed by atoms with Gasteiger partial charge in [-0.05, 0) is 43.9 Å². The van der Waals surface area contributed by atoms with E-state index < -0.39 is 11.9 Å². The number of nitrogens with one attached hydrogen (secondary N) is 3. The topological polar surface area (TPSA) is 108 Å². The Morgan fingerprint density at radius 3 is 2.46 bits per heavy atom. The van der Waals surface area contributed by atoms with Crippen LogP contribution in [0.1, 0.15) is 55.3 Å². The third-order valence-electron chi connectivity index (χ3n) is 4.94. The predicted molar refractivity (Wildman–Crippen MR) is 97.1 cm³/mol. The molecule has 3 rings (SSSR count). The van der Waals surface area contributed by atoms with E-state index in [4.69, 9.17) is 0 Å². The number of benzene rings is 1. The number of carboxylic acids is 1. The first-order chi connectivity index (χ1) is 12.5. The van der Waals surface area contributed by atoms with Crippen LogP contribution >= 0.6 is 0 Å². The Hall–Kier alpha value is -2.57. The zero-order valence-corrected chi connectivity index (χ0v) is 14.7. The third kappa shape index (κ3) is 4.97. The molecule has 3 amide bonds. The van der Waals surface area contributed by atoms with Crippen molar-refractivity contribution < 1.29 is 19.5 Å². The van der Waals surface area contributed by atoms with E-state index in [0.29, 0.717) is 24.1 Å². The van der Waals surface area contributed by atoms with Crippen LogP contribution < -0.4 is 16.0 Å². The Morgan fingerprint density at radius 1 is 0.962 bits per heavy atom. The van der Waals surface area contributed by atoms with Gasteiger partial charge in [0.2, 0.25) is 0 Å². The number of amides is 3. The summed E-state index contributed by atoms with van der Waals surface area (Å²) in [6.07, 6.45) is 6.04. The number of hydrogen-bond donors (Lipinski definition) is 4. The fraction of sp³-hybridized carbons (Fsp3) is 0.526. The Balaban J connectivity index is 1.63. The lowest BCUT2D eigenvalue weighted by molar-refractivity contribution is -0.142. The number of carbonyl (C=O) groups excluding carboxylic acids is 2. The molecule has 0 saturated heterocycles. The van der Waals surface area contributed by atoms with E-state index in [2.05, 4.69) is 16.0 Å². The Bertz CT molecular complexity index is 687. The molecule has 140 valence electrons. The quantitative estimate of drug-likeness (QED) is 0.606. The number of hydrogen-bond acceptors (Lipinski definition) is 3. The lowest BCUT2D eigenvalue weighted by atomic mass is 9.94. The maximum absolute atomic E-state index is 12.6. The molecule has 7 nitrogen and oxygen atoms in total. The van der Waals surface area contributed by atoms with Gasteiger partial charge in [0.1, 0.15) is 0 Å². The highest BCUT2D eigenvalue weighted by Crippen LogP contribution is 2.24. The summed E-state index contributed by atoms with van der Waals surface area (Å²) in [7, 11) is 0. The van der Waals surface area contributed by atoms with E-state index in [0.717, 1.165) is 32.1 Å². The van der Waals surface area contributed by atoms with E-state index in [-0.39, 0.29) is 24.0 Å². The fourth-order valence-corrected chi connectivity index (χ4v) is 3.35. The summed E-state index contributed by atoms with van der Waals surface area (Å²) in [6, 6.07) is 6.29. The molecular formula is C19H25N3O4. The van der Waals surface area contributed by atoms with Gasteiger partial charge in [0.25, 0.3) is 5.91 Å². The summed E-state index contributed by atoms with van der Waals surface area (Å²) >= 11 is 0. The van der Waals surface area contributed by atoms with Crippen LogP contribution in [-0.4, -0.2) is 35.1 Å². The van der Waals surface area contributed by atoms with Crippen molar-refractivity contribution in [2.24, 2.45) is 5.92 Å². The van der Waals surface area contributed by atoms with Gasteiger partial charge in [-0.25, -0.2) is 4.79 Å². The van der Waals surface area contributed by atoms with Crippen molar-refractivity contribution in [1.82, 2.24) is 10.6 Å². The zero-order valence-electron chi connectivity index (χ0n) is 14.7. The molecule has 2 fully saturated rings. The van der Waals surface area contributed by atoms with Crippen LogP contribution in [0.2, 0.25) is 0 Å². The molecule has 7 heteroatoms. The second-order valence-electron chi connectivity index (χ2n) is 7.12. The van der Waals surface area contributed by atoms with Crippen LogP contribution in [0.5, 0.6) is 0 Å². The molecule has 4 N–H and O–H groups in total. The van der Waals surface area contributed by atoms with Crippen molar-refractivity contribution in [3.05, 3.63) is 29.8 Å². The molecule has 26 heavy (non-hydrogen) atoms. The predicted octanol–water partition coefficient (Wildman–Crippen LogP) is 2.73. The molecule has 1 aromatic rings. The van der Waals surface area contributed by atoms with Crippen LogP contribution in [-0.2, 0) is 4.79 Å². The first-order valence-corrected chi connectivity index (χ1v) is 9.24. The smallest absolute Gasteiger partial charge is 0.319 e.